The Morgan fingerprint density at radius 1 is 1.33 bits per heavy atom. The van der Waals surface area contributed by atoms with Crippen LogP contribution in [0.25, 0.3) is 0 Å². The molecule has 1 aromatic rings. The van der Waals surface area contributed by atoms with Crippen LogP contribution in [0.15, 0.2) is 30.9 Å². The molecular weight excluding hydrogens is 226 g/mol. The predicted molar refractivity (Wildman–Crippen MR) is 74.7 cm³/mol. The quantitative estimate of drug-likeness (QED) is 0.377. The molecule has 0 amide bonds. The molecule has 0 radical (unpaired) electrons. The standard InChI is InChI=1S/C15H23NO2/c1-3-5-12(4-2)8-9-16-11-13-6-7-14(17)15(18)10-13/h3,6-7,10,12,16-18H,1,4-5,8-9,11H2,2H3. The van der Waals surface area contributed by atoms with Crippen molar-refractivity contribution in [1.29, 1.82) is 0 Å². The van der Waals surface area contributed by atoms with Crippen LogP contribution < -0.4 is 5.32 Å². The van der Waals surface area contributed by atoms with E-state index < -0.39 is 0 Å². The Kier molecular flexibility index (Phi) is 6.29. The minimum atomic E-state index is -0.0734. The summed E-state index contributed by atoms with van der Waals surface area (Å²) in [5.41, 5.74) is 0.974. The van der Waals surface area contributed by atoms with E-state index in [-0.39, 0.29) is 11.5 Å². The average molecular weight is 249 g/mol. The number of allylic oxidation sites excluding steroid dienone is 1. The van der Waals surface area contributed by atoms with Gasteiger partial charge in [0.25, 0.3) is 0 Å². The van der Waals surface area contributed by atoms with Crippen molar-refractivity contribution in [3.63, 3.8) is 0 Å². The van der Waals surface area contributed by atoms with Crippen LogP contribution in [0, 0.1) is 5.92 Å². The number of phenols is 2. The van der Waals surface area contributed by atoms with Crippen molar-refractivity contribution in [3.05, 3.63) is 36.4 Å². The zero-order valence-electron chi connectivity index (χ0n) is 11.0. The SMILES string of the molecule is C=CCC(CC)CCNCc1ccc(O)c(O)c1. The molecule has 0 saturated carbocycles. The average Bonchev–Trinajstić information content (AvgIpc) is 2.37. The van der Waals surface area contributed by atoms with Crippen LogP contribution in [0.2, 0.25) is 0 Å². The van der Waals surface area contributed by atoms with Crippen LogP contribution >= 0.6 is 0 Å². The van der Waals surface area contributed by atoms with Crippen molar-refractivity contribution in [1.82, 2.24) is 5.32 Å². The van der Waals surface area contributed by atoms with Gasteiger partial charge in [-0.25, -0.2) is 0 Å². The molecule has 1 atom stereocenters. The van der Waals surface area contributed by atoms with Gasteiger partial charge in [0.15, 0.2) is 11.5 Å². The molecule has 0 heterocycles. The Bertz CT molecular complexity index is 377. The fraction of sp³-hybridized carbons (Fsp3) is 0.467. The zero-order valence-corrected chi connectivity index (χ0v) is 11.0. The molecule has 1 rings (SSSR count). The number of benzene rings is 1. The monoisotopic (exact) mass is 249 g/mol. The highest BCUT2D eigenvalue weighted by Gasteiger charge is 2.04. The molecule has 0 spiro atoms. The Balaban J connectivity index is 2.28. The van der Waals surface area contributed by atoms with Gasteiger partial charge < -0.3 is 15.5 Å². The maximum absolute atomic E-state index is 9.36. The highest BCUT2D eigenvalue weighted by atomic mass is 16.3. The number of nitrogens with one attached hydrogen (secondary N) is 1. The molecule has 0 aliphatic rings. The molecule has 0 fully saturated rings. The summed E-state index contributed by atoms with van der Waals surface area (Å²) in [6, 6.07) is 4.91. The third-order valence-corrected chi connectivity index (χ3v) is 3.18. The van der Waals surface area contributed by atoms with Gasteiger partial charge in [0.1, 0.15) is 0 Å². The summed E-state index contributed by atoms with van der Waals surface area (Å²) in [5, 5.41) is 21.9. The van der Waals surface area contributed by atoms with Gasteiger partial charge in [0.2, 0.25) is 0 Å². The van der Waals surface area contributed by atoms with Gasteiger partial charge in [0.05, 0.1) is 0 Å². The van der Waals surface area contributed by atoms with Crippen molar-refractivity contribution < 1.29 is 10.2 Å². The topological polar surface area (TPSA) is 52.5 Å². The largest absolute Gasteiger partial charge is 0.504 e. The Hall–Kier alpha value is -1.48. The highest BCUT2D eigenvalue weighted by Crippen LogP contribution is 2.24. The Morgan fingerprint density at radius 2 is 2.11 bits per heavy atom. The number of hydrogen-bond acceptors (Lipinski definition) is 3. The minimum absolute atomic E-state index is 0.0626. The van der Waals surface area contributed by atoms with Gasteiger partial charge in [-0.05, 0) is 43.0 Å². The maximum atomic E-state index is 9.36. The molecule has 0 aliphatic carbocycles. The normalized spacial score (nSPS) is 12.3. The summed E-state index contributed by atoms with van der Waals surface area (Å²) < 4.78 is 0. The summed E-state index contributed by atoms with van der Waals surface area (Å²) in [4.78, 5) is 0. The maximum Gasteiger partial charge on any atom is 0.157 e. The summed E-state index contributed by atoms with van der Waals surface area (Å²) >= 11 is 0. The van der Waals surface area contributed by atoms with Gasteiger partial charge in [0, 0.05) is 6.54 Å². The van der Waals surface area contributed by atoms with E-state index in [1.165, 1.54) is 12.5 Å². The van der Waals surface area contributed by atoms with Crippen LogP contribution in [0.1, 0.15) is 31.7 Å². The molecule has 3 N–H and O–H groups in total. The Morgan fingerprint density at radius 3 is 2.72 bits per heavy atom. The van der Waals surface area contributed by atoms with Crippen LogP contribution in [0.4, 0.5) is 0 Å². The van der Waals surface area contributed by atoms with E-state index in [2.05, 4.69) is 18.8 Å². The summed E-state index contributed by atoms with van der Waals surface area (Å²) in [6.45, 7) is 7.63. The fourth-order valence-corrected chi connectivity index (χ4v) is 1.94. The number of aromatic hydroxyl groups is 2. The zero-order chi connectivity index (χ0) is 13.4. The minimum Gasteiger partial charge on any atom is -0.504 e. The first kappa shape index (κ1) is 14.6. The summed E-state index contributed by atoms with van der Waals surface area (Å²) in [6.07, 6.45) is 5.35. The van der Waals surface area contributed by atoms with E-state index >= 15 is 0 Å². The van der Waals surface area contributed by atoms with Gasteiger partial charge in [-0.1, -0.05) is 25.5 Å². The van der Waals surface area contributed by atoms with Gasteiger partial charge in [-0.2, -0.15) is 0 Å². The first-order valence-corrected chi connectivity index (χ1v) is 6.49. The van der Waals surface area contributed by atoms with Crippen molar-refractivity contribution >= 4 is 0 Å². The Labute approximate surface area is 109 Å². The second-order valence-electron chi connectivity index (χ2n) is 4.59. The third kappa shape index (κ3) is 4.80. The first-order valence-electron chi connectivity index (χ1n) is 6.49. The number of hydrogen-bond donors (Lipinski definition) is 3. The van der Waals surface area contributed by atoms with E-state index in [0.29, 0.717) is 12.5 Å². The molecule has 3 heteroatoms. The molecule has 0 saturated heterocycles. The lowest BCUT2D eigenvalue weighted by Gasteiger charge is -2.13. The van der Waals surface area contributed by atoms with Gasteiger partial charge >= 0.3 is 0 Å². The second kappa shape index (κ2) is 7.77. The van der Waals surface area contributed by atoms with E-state index in [4.69, 9.17) is 0 Å². The van der Waals surface area contributed by atoms with Crippen LogP contribution in [0.5, 0.6) is 11.5 Å². The van der Waals surface area contributed by atoms with E-state index in [1.807, 2.05) is 12.1 Å². The molecule has 3 nitrogen and oxygen atoms in total. The van der Waals surface area contributed by atoms with Crippen molar-refractivity contribution in [2.75, 3.05) is 6.54 Å². The van der Waals surface area contributed by atoms with Crippen LogP contribution in [0.3, 0.4) is 0 Å². The molecule has 0 aromatic heterocycles. The third-order valence-electron chi connectivity index (χ3n) is 3.18. The van der Waals surface area contributed by atoms with Crippen LogP contribution in [-0.4, -0.2) is 16.8 Å². The summed E-state index contributed by atoms with van der Waals surface area (Å²) in [7, 11) is 0. The van der Waals surface area contributed by atoms with E-state index in [1.54, 1.807) is 6.07 Å². The lowest BCUT2D eigenvalue weighted by molar-refractivity contribution is 0.402. The predicted octanol–water partition coefficient (Wildman–Crippen LogP) is 3.18. The van der Waals surface area contributed by atoms with Crippen molar-refractivity contribution in [2.45, 2.75) is 32.7 Å². The molecule has 100 valence electrons. The van der Waals surface area contributed by atoms with Gasteiger partial charge in [-0.3, -0.25) is 0 Å². The molecule has 1 unspecified atom stereocenters. The molecular formula is C15H23NO2. The summed E-state index contributed by atoms with van der Waals surface area (Å²) in [5.74, 6) is 0.561. The van der Waals surface area contributed by atoms with Crippen molar-refractivity contribution in [3.8, 4) is 11.5 Å². The highest BCUT2D eigenvalue weighted by molar-refractivity contribution is 5.40. The fourth-order valence-electron chi connectivity index (χ4n) is 1.94. The lowest BCUT2D eigenvalue weighted by atomic mass is 9.98. The number of rotatable bonds is 8. The van der Waals surface area contributed by atoms with E-state index in [9.17, 15) is 10.2 Å². The molecule has 1 aromatic carbocycles. The first-order chi connectivity index (χ1) is 8.67. The smallest absolute Gasteiger partial charge is 0.157 e. The number of phenolic OH excluding ortho intramolecular Hbond substituents is 2. The molecule has 0 bridgehead atoms. The van der Waals surface area contributed by atoms with Crippen molar-refractivity contribution in [2.24, 2.45) is 5.92 Å². The van der Waals surface area contributed by atoms with E-state index in [0.717, 1.165) is 24.9 Å². The molecule has 0 aliphatic heterocycles. The van der Waals surface area contributed by atoms with Gasteiger partial charge in [-0.15, -0.1) is 6.58 Å². The second-order valence-corrected chi connectivity index (χ2v) is 4.59. The van der Waals surface area contributed by atoms with Crippen LogP contribution in [-0.2, 0) is 6.54 Å². The lowest BCUT2D eigenvalue weighted by Crippen LogP contribution is -2.17. The molecule has 18 heavy (non-hydrogen) atoms.